The number of hydrogen-bond donors (Lipinski definition) is 1. The van der Waals surface area contributed by atoms with E-state index in [1.165, 1.54) is 25.3 Å². The number of nitrogens with two attached hydrogens (primary N) is 1. The topological polar surface area (TPSA) is 64.7 Å². The highest BCUT2D eigenvalue weighted by atomic mass is 19.1. The van der Waals surface area contributed by atoms with Crippen LogP contribution in [0.5, 0.6) is 0 Å². The third kappa shape index (κ3) is 3.01. The standard InChI is InChI=1S/C16H19FN4/c1-10-7-8-12(9-13(10)17)15-19-14(20-16(18)21-15)11-5-3-2-4-6-11/h7-9,11H,2-6H2,1H3,(H2,18,19,20,21). The quantitative estimate of drug-likeness (QED) is 0.915. The molecule has 1 fully saturated rings. The molecule has 110 valence electrons. The molecule has 2 N–H and O–H groups in total. The van der Waals surface area contributed by atoms with Crippen LogP contribution in [0.1, 0.15) is 49.4 Å². The van der Waals surface area contributed by atoms with Gasteiger partial charge in [0.1, 0.15) is 11.6 Å². The Kier molecular flexibility index (Phi) is 3.82. The van der Waals surface area contributed by atoms with Crippen molar-refractivity contribution >= 4 is 5.95 Å². The van der Waals surface area contributed by atoms with Crippen molar-refractivity contribution in [1.29, 1.82) is 0 Å². The number of benzene rings is 1. The average Bonchev–Trinajstić information content (AvgIpc) is 2.50. The number of rotatable bonds is 2. The molecule has 3 rings (SSSR count). The highest BCUT2D eigenvalue weighted by Crippen LogP contribution is 2.31. The summed E-state index contributed by atoms with van der Waals surface area (Å²) in [5.74, 6) is 1.51. The number of hydrogen-bond acceptors (Lipinski definition) is 4. The van der Waals surface area contributed by atoms with Gasteiger partial charge in [0, 0.05) is 11.5 Å². The van der Waals surface area contributed by atoms with Crippen molar-refractivity contribution in [1.82, 2.24) is 15.0 Å². The van der Waals surface area contributed by atoms with Gasteiger partial charge in [0.15, 0.2) is 5.82 Å². The third-order valence-corrected chi connectivity index (χ3v) is 4.07. The lowest BCUT2D eigenvalue weighted by atomic mass is 9.89. The molecule has 21 heavy (non-hydrogen) atoms. The summed E-state index contributed by atoms with van der Waals surface area (Å²) < 4.78 is 13.7. The zero-order valence-corrected chi connectivity index (χ0v) is 12.1. The van der Waals surface area contributed by atoms with Crippen molar-refractivity contribution < 1.29 is 4.39 Å². The molecule has 1 aromatic heterocycles. The molecular formula is C16H19FN4. The van der Waals surface area contributed by atoms with Gasteiger partial charge in [0.05, 0.1) is 0 Å². The van der Waals surface area contributed by atoms with Crippen LogP contribution >= 0.6 is 0 Å². The maximum atomic E-state index is 13.7. The number of nitrogen functional groups attached to an aromatic ring is 1. The molecular weight excluding hydrogens is 267 g/mol. The fraction of sp³-hybridized carbons (Fsp3) is 0.438. The number of halogens is 1. The van der Waals surface area contributed by atoms with Crippen LogP contribution in [-0.4, -0.2) is 15.0 Å². The monoisotopic (exact) mass is 286 g/mol. The molecule has 0 unspecified atom stereocenters. The van der Waals surface area contributed by atoms with Gasteiger partial charge in [-0.2, -0.15) is 9.97 Å². The molecule has 2 aromatic rings. The van der Waals surface area contributed by atoms with E-state index in [2.05, 4.69) is 15.0 Å². The summed E-state index contributed by atoms with van der Waals surface area (Å²) >= 11 is 0. The van der Waals surface area contributed by atoms with Crippen LogP contribution in [0.3, 0.4) is 0 Å². The molecule has 0 bridgehead atoms. The second-order valence-corrected chi connectivity index (χ2v) is 5.67. The van der Waals surface area contributed by atoms with Crippen molar-refractivity contribution in [2.45, 2.75) is 44.9 Å². The second kappa shape index (κ2) is 5.76. The number of aromatic nitrogens is 3. The van der Waals surface area contributed by atoms with Crippen LogP contribution in [0, 0.1) is 12.7 Å². The number of aryl methyl sites for hydroxylation is 1. The summed E-state index contributed by atoms with van der Waals surface area (Å²) in [4.78, 5) is 13.0. The first-order chi connectivity index (χ1) is 10.1. The van der Waals surface area contributed by atoms with E-state index in [9.17, 15) is 4.39 Å². The predicted octanol–water partition coefficient (Wildman–Crippen LogP) is 3.62. The van der Waals surface area contributed by atoms with Crippen LogP contribution < -0.4 is 5.73 Å². The second-order valence-electron chi connectivity index (χ2n) is 5.67. The van der Waals surface area contributed by atoms with E-state index < -0.39 is 0 Å². The number of anilines is 1. The molecule has 1 aliphatic carbocycles. The van der Waals surface area contributed by atoms with Crippen molar-refractivity contribution in [3.05, 3.63) is 35.4 Å². The summed E-state index contributed by atoms with van der Waals surface area (Å²) in [7, 11) is 0. The van der Waals surface area contributed by atoms with Crippen LogP contribution in [0.4, 0.5) is 10.3 Å². The third-order valence-electron chi connectivity index (χ3n) is 4.07. The molecule has 0 atom stereocenters. The van der Waals surface area contributed by atoms with Crippen LogP contribution in [0.15, 0.2) is 18.2 Å². The lowest BCUT2D eigenvalue weighted by Gasteiger charge is -2.20. The van der Waals surface area contributed by atoms with Gasteiger partial charge in [0.25, 0.3) is 0 Å². The Bertz CT molecular complexity index is 651. The molecule has 5 heteroatoms. The van der Waals surface area contributed by atoms with E-state index >= 15 is 0 Å². The van der Waals surface area contributed by atoms with E-state index in [0.717, 1.165) is 18.7 Å². The number of nitrogens with zero attached hydrogens (tertiary/aromatic N) is 3. The fourth-order valence-electron chi connectivity index (χ4n) is 2.81. The van der Waals surface area contributed by atoms with E-state index in [1.54, 1.807) is 13.0 Å². The first-order valence-corrected chi connectivity index (χ1v) is 7.41. The molecule has 0 spiro atoms. The maximum Gasteiger partial charge on any atom is 0.223 e. The zero-order valence-electron chi connectivity index (χ0n) is 12.1. The van der Waals surface area contributed by atoms with Gasteiger partial charge in [-0.05, 0) is 31.4 Å². The van der Waals surface area contributed by atoms with Crippen LogP contribution in [-0.2, 0) is 0 Å². The molecule has 1 aromatic carbocycles. The minimum Gasteiger partial charge on any atom is -0.368 e. The Hall–Kier alpha value is -2.04. The van der Waals surface area contributed by atoms with Crippen molar-refractivity contribution in [3.8, 4) is 11.4 Å². The maximum absolute atomic E-state index is 13.7. The van der Waals surface area contributed by atoms with Gasteiger partial charge in [-0.1, -0.05) is 31.4 Å². The first kappa shape index (κ1) is 13.9. The molecule has 0 amide bonds. The minimum atomic E-state index is -0.259. The zero-order chi connectivity index (χ0) is 14.8. The summed E-state index contributed by atoms with van der Waals surface area (Å²) in [6.45, 7) is 1.73. The SMILES string of the molecule is Cc1ccc(-c2nc(N)nc(C3CCCCC3)n2)cc1F. The minimum absolute atomic E-state index is 0.210. The van der Waals surface area contributed by atoms with Crippen molar-refractivity contribution in [3.63, 3.8) is 0 Å². The van der Waals surface area contributed by atoms with E-state index in [1.807, 2.05) is 6.07 Å². The fourth-order valence-corrected chi connectivity index (χ4v) is 2.81. The van der Waals surface area contributed by atoms with Crippen molar-refractivity contribution in [2.24, 2.45) is 0 Å². The largest absolute Gasteiger partial charge is 0.368 e. The van der Waals surface area contributed by atoms with Gasteiger partial charge < -0.3 is 5.73 Å². The molecule has 0 saturated heterocycles. The molecule has 0 aliphatic heterocycles. The lowest BCUT2D eigenvalue weighted by Crippen LogP contribution is -2.12. The molecule has 0 radical (unpaired) electrons. The summed E-state index contributed by atoms with van der Waals surface area (Å²) in [5, 5.41) is 0. The summed E-state index contributed by atoms with van der Waals surface area (Å²) in [6.07, 6.45) is 5.85. The van der Waals surface area contributed by atoms with Gasteiger partial charge in [-0.15, -0.1) is 0 Å². The normalized spacial score (nSPS) is 16.1. The highest BCUT2D eigenvalue weighted by molar-refractivity contribution is 5.56. The van der Waals surface area contributed by atoms with Gasteiger partial charge in [-0.3, -0.25) is 0 Å². The van der Waals surface area contributed by atoms with Crippen LogP contribution in [0.2, 0.25) is 0 Å². The van der Waals surface area contributed by atoms with Gasteiger partial charge in [0.2, 0.25) is 5.95 Å². The Morgan fingerprint density at radius 3 is 2.57 bits per heavy atom. The van der Waals surface area contributed by atoms with E-state index in [0.29, 0.717) is 22.9 Å². The summed E-state index contributed by atoms with van der Waals surface area (Å²) in [5.41, 5.74) is 7.06. The molecule has 1 aliphatic rings. The van der Waals surface area contributed by atoms with Crippen molar-refractivity contribution in [2.75, 3.05) is 5.73 Å². The Labute approximate surface area is 123 Å². The van der Waals surface area contributed by atoms with Gasteiger partial charge in [-0.25, -0.2) is 9.37 Å². The smallest absolute Gasteiger partial charge is 0.223 e. The van der Waals surface area contributed by atoms with E-state index in [-0.39, 0.29) is 11.8 Å². The predicted molar refractivity (Wildman–Crippen MR) is 80.2 cm³/mol. The Morgan fingerprint density at radius 2 is 1.86 bits per heavy atom. The molecule has 1 saturated carbocycles. The van der Waals surface area contributed by atoms with Gasteiger partial charge >= 0.3 is 0 Å². The lowest BCUT2D eigenvalue weighted by molar-refractivity contribution is 0.428. The summed E-state index contributed by atoms with van der Waals surface area (Å²) in [6, 6.07) is 5.00. The Morgan fingerprint density at radius 1 is 1.10 bits per heavy atom. The average molecular weight is 286 g/mol. The highest BCUT2D eigenvalue weighted by Gasteiger charge is 2.20. The first-order valence-electron chi connectivity index (χ1n) is 7.41. The van der Waals surface area contributed by atoms with E-state index in [4.69, 9.17) is 5.73 Å². The molecule has 4 nitrogen and oxygen atoms in total. The molecule has 1 heterocycles. The Balaban J connectivity index is 1.98. The van der Waals surface area contributed by atoms with Crippen LogP contribution in [0.25, 0.3) is 11.4 Å².